The maximum atomic E-state index is 10.8. The van der Waals surface area contributed by atoms with Crippen molar-refractivity contribution in [3.8, 4) is 0 Å². The minimum absolute atomic E-state index is 0.0434. The van der Waals surface area contributed by atoms with Gasteiger partial charge in [0.2, 0.25) is 0 Å². The molecule has 3 aromatic heterocycles. The molecule has 2 N–H and O–H groups in total. The number of benzene rings is 2. The van der Waals surface area contributed by atoms with E-state index in [2.05, 4.69) is 81.1 Å². The normalized spacial score (nSPS) is 23.2. The first-order valence-electron chi connectivity index (χ1n) is 27.6. The fraction of sp³-hybridized carbons (Fsp3) is 0.684. The van der Waals surface area contributed by atoms with Gasteiger partial charge in [-0.05, 0) is 78.4 Å². The molecule has 0 amide bonds. The van der Waals surface area contributed by atoms with Crippen LogP contribution < -0.4 is 0 Å². The van der Waals surface area contributed by atoms with Gasteiger partial charge >= 0.3 is 0 Å². The zero-order chi connectivity index (χ0) is 52.3. The van der Waals surface area contributed by atoms with Crippen LogP contribution in [0, 0.1) is 0 Å². The smallest absolute Gasteiger partial charge is 0.163 e. The summed E-state index contributed by atoms with van der Waals surface area (Å²) in [4.78, 5) is 0. The second-order valence-corrected chi connectivity index (χ2v) is 21.4. The first-order valence-corrected chi connectivity index (χ1v) is 27.6. The highest BCUT2D eigenvalue weighted by Crippen LogP contribution is 2.36. The van der Waals surface area contributed by atoms with Crippen molar-refractivity contribution in [2.24, 2.45) is 0 Å². The Balaban J connectivity index is 0.000000184. The molecule has 0 aliphatic carbocycles. The molecular formula is C57H89N9O7. The Hall–Kier alpha value is -4.42. The van der Waals surface area contributed by atoms with E-state index in [4.69, 9.17) is 28.4 Å². The molecule has 0 saturated carbocycles. The van der Waals surface area contributed by atoms with Crippen molar-refractivity contribution in [2.75, 3.05) is 0 Å². The van der Waals surface area contributed by atoms with Gasteiger partial charge in [-0.15, -0.1) is 10.2 Å². The van der Waals surface area contributed by atoms with Gasteiger partial charge in [-0.1, -0.05) is 163 Å². The molecule has 2 unspecified atom stereocenters. The number of aromatic nitrogens is 9. The van der Waals surface area contributed by atoms with Gasteiger partial charge in [-0.2, -0.15) is 15.4 Å². The van der Waals surface area contributed by atoms with Crippen LogP contribution in [-0.4, -0.2) is 104 Å². The van der Waals surface area contributed by atoms with Crippen molar-refractivity contribution < 1.29 is 33.5 Å². The van der Waals surface area contributed by atoms with Crippen LogP contribution in [0.15, 0.2) is 73.1 Å². The quantitative estimate of drug-likeness (QED) is 0.0528. The third kappa shape index (κ3) is 18.7. The fourth-order valence-electron chi connectivity index (χ4n) is 10.1. The number of rotatable bonds is 25. The highest BCUT2D eigenvalue weighted by atomic mass is 16.8. The van der Waals surface area contributed by atoms with Crippen LogP contribution in [0.3, 0.4) is 0 Å². The zero-order valence-electron chi connectivity index (χ0n) is 45.9. The Bertz CT molecular complexity index is 2270. The van der Waals surface area contributed by atoms with Crippen molar-refractivity contribution in [1.29, 1.82) is 0 Å². The molecule has 3 aliphatic heterocycles. The van der Waals surface area contributed by atoms with Gasteiger partial charge in [-0.25, -0.2) is 9.36 Å². The number of aromatic amines is 1. The predicted molar refractivity (Wildman–Crippen MR) is 282 cm³/mol. The van der Waals surface area contributed by atoms with Crippen molar-refractivity contribution in [3.63, 3.8) is 0 Å². The highest BCUT2D eigenvalue weighted by Gasteiger charge is 2.43. The summed E-state index contributed by atoms with van der Waals surface area (Å²) in [5.41, 5.74) is 5.84. The number of H-pyrrole nitrogens is 1. The van der Waals surface area contributed by atoms with E-state index in [-0.39, 0.29) is 36.6 Å². The molecule has 16 nitrogen and oxygen atoms in total. The van der Waals surface area contributed by atoms with Crippen LogP contribution in [-0.2, 0) is 60.8 Å². The summed E-state index contributed by atoms with van der Waals surface area (Å²) < 4.78 is 40.1. The van der Waals surface area contributed by atoms with Crippen LogP contribution >= 0.6 is 0 Å². The molecule has 0 radical (unpaired) electrons. The molecular weight excluding hydrogens is 923 g/mol. The average molecular weight is 1010 g/mol. The minimum atomic E-state index is -0.600. The van der Waals surface area contributed by atoms with E-state index in [1.54, 1.807) is 6.20 Å². The maximum absolute atomic E-state index is 10.8. The van der Waals surface area contributed by atoms with E-state index >= 15 is 0 Å². The minimum Gasteiger partial charge on any atom is -0.387 e. The van der Waals surface area contributed by atoms with Crippen LogP contribution in [0.4, 0.5) is 0 Å². The summed E-state index contributed by atoms with van der Waals surface area (Å²) in [5.74, 6) is -1.59. The molecule has 0 spiro atoms. The number of unbranched alkanes of at least 4 members (excludes halogenated alkanes) is 8. The number of nitrogens with one attached hydrogen (secondary N) is 1. The van der Waals surface area contributed by atoms with Gasteiger partial charge in [0.05, 0.1) is 84.8 Å². The van der Waals surface area contributed by atoms with Crippen molar-refractivity contribution >= 4 is 0 Å². The largest absolute Gasteiger partial charge is 0.387 e. The molecule has 2 aromatic carbocycles. The lowest BCUT2D eigenvalue weighted by Gasteiger charge is -2.18. The Morgan fingerprint density at radius 1 is 0.562 bits per heavy atom. The van der Waals surface area contributed by atoms with Crippen LogP contribution in [0.2, 0.25) is 0 Å². The molecule has 6 heterocycles. The summed E-state index contributed by atoms with van der Waals surface area (Å²) in [6, 6.07) is 20.4. The van der Waals surface area contributed by atoms with Crippen LogP contribution in [0.5, 0.6) is 0 Å². The van der Waals surface area contributed by atoms with Gasteiger partial charge in [0, 0.05) is 25.5 Å². The first kappa shape index (κ1) is 57.9. The van der Waals surface area contributed by atoms with Crippen LogP contribution in [0.1, 0.15) is 199 Å². The van der Waals surface area contributed by atoms with E-state index in [1.165, 1.54) is 63.4 Å². The monoisotopic (exact) mass is 1010 g/mol. The Labute approximate surface area is 436 Å². The van der Waals surface area contributed by atoms with Crippen molar-refractivity contribution in [1.82, 2.24) is 45.4 Å². The Kier molecular flexibility index (Phi) is 22.6. The second kappa shape index (κ2) is 28.5. The molecule has 3 aliphatic rings. The topological polar surface area (TPSA) is 179 Å². The Morgan fingerprint density at radius 3 is 1.58 bits per heavy atom. The molecule has 404 valence electrons. The number of nitrogens with zero attached hydrogens (tertiary/aromatic N) is 8. The third-order valence-electron chi connectivity index (χ3n) is 13.6. The lowest BCUT2D eigenvalue weighted by molar-refractivity contribution is -0.147. The number of aliphatic hydroxyl groups is 1. The summed E-state index contributed by atoms with van der Waals surface area (Å²) in [5, 5.41) is 38.7. The van der Waals surface area contributed by atoms with E-state index in [9.17, 15) is 5.11 Å². The SMILES string of the molecule is CCC1OC(C)(C)O[C@@H]1Cc1cn(Cc2ccccc2)nn1.CCCCCCC[C@H]1OC(C)(C)O[C@@H]1Cc1cn[nH]n1.CCCCCCC[C@H]1OC(C)(C)O[C@@H]1Cc1nnn(Cc2ccccc2)c1C(O)CC. The van der Waals surface area contributed by atoms with Gasteiger partial charge in [0.15, 0.2) is 17.4 Å². The standard InChI is InChI=1S/C25H39N3O3.C17H23N3O2.C15H27N3O2/c1-5-7-8-9-13-16-22-23(31-25(3,4)30-22)17-20-24(21(29)6-2)28(27-26-20)18-19-14-11-10-12-15-19;1-4-15-16(22-17(2,3)21-15)10-14-12-20(19-18-14)11-13-8-6-5-7-9-13;1-4-5-6-7-8-9-13-14(20-15(2,3)19-13)10-12-11-16-18-17-12/h10-12,14-15,21-23,29H,5-9,13,16-18H2,1-4H3;5-9,12,15-16H,4,10-11H2,1-3H3;11,13-14H,4-10H2,1-3H3,(H,16,17,18)/t21?,22-,23-;15?,16-;13-,14-/m111/s1. The molecule has 8 rings (SSSR count). The number of hydrogen-bond acceptors (Lipinski definition) is 13. The summed E-state index contributed by atoms with van der Waals surface area (Å²) >= 11 is 0. The summed E-state index contributed by atoms with van der Waals surface area (Å²) in [6.07, 6.45) is 21.9. The van der Waals surface area contributed by atoms with E-state index in [0.717, 1.165) is 73.4 Å². The first-order chi connectivity index (χ1) is 35.1. The number of ether oxygens (including phenoxy) is 6. The number of hydrogen-bond donors (Lipinski definition) is 2. The molecule has 3 saturated heterocycles. The molecule has 73 heavy (non-hydrogen) atoms. The summed E-state index contributed by atoms with van der Waals surface area (Å²) in [7, 11) is 0. The van der Waals surface area contributed by atoms with E-state index in [1.807, 2.05) is 100 Å². The molecule has 0 bridgehead atoms. The van der Waals surface area contributed by atoms with Crippen LogP contribution in [0.25, 0.3) is 0 Å². The lowest BCUT2D eigenvalue weighted by atomic mass is 9.99. The maximum Gasteiger partial charge on any atom is 0.163 e. The average Bonchev–Trinajstić information content (AvgIpc) is 4.24. The van der Waals surface area contributed by atoms with E-state index < -0.39 is 23.5 Å². The highest BCUT2D eigenvalue weighted by molar-refractivity contribution is 5.20. The Morgan fingerprint density at radius 2 is 1.05 bits per heavy atom. The van der Waals surface area contributed by atoms with Gasteiger partial charge in [-0.3, -0.25) is 0 Å². The number of aliphatic hydroxyl groups excluding tert-OH is 1. The predicted octanol–water partition coefficient (Wildman–Crippen LogP) is 11.2. The second-order valence-electron chi connectivity index (χ2n) is 21.4. The molecule has 7 atom stereocenters. The van der Waals surface area contributed by atoms with E-state index in [0.29, 0.717) is 19.4 Å². The molecule has 5 aromatic rings. The van der Waals surface area contributed by atoms with Crippen molar-refractivity contribution in [3.05, 3.63) is 107 Å². The van der Waals surface area contributed by atoms with Gasteiger partial charge in [0.25, 0.3) is 0 Å². The molecule has 16 heteroatoms. The van der Waals surface area contributed by atoms with Gasteiger partial charge in [0.1, 0.15) is 0 Å². The van der Waals surface area contributed by atoms with Crippen molar-refractivity contribution in [2.45, 2.75) is 252 Å². The third-order valence-corrected chi connectivity index (χ3v) is 13.6. The van der Waals surface area contributed by atoms with Gasteiger partial charge < -0.3 is 33.5 Å². The molecule has 3 fully saturated rings. The zero-order valence-corrected chi connectivity index (χ0v) is 45.9. The fourth-order valence-corrected chi connectivity index (χ4v) is 10.1. The summed E-state index contributed by atoms with van der Waals surface area (Å²) in [6.45, 7) is 21.7. The lowest BCUT2D eigenvalue weighted by Crippen LogP contribution is -2.26.